The Morgan fingerprint density at radius 3 is 2.79 bits per heavy atom. The first-order valence-corrected chi connectivity index (χ1v) is 6.30. The molecule has 0 unspecified atom stereocenters. The van der Waals surface area contributed by atoms with Gasteiger partial charge in [-0.25, -0.2) is 4.98 Å². The average Bonchev–Trinajstić information content (AvgIpc) is 2.39. The second-order valence-corrected chi connectivity index (χ2v) is 4.33. The lowest BCUT2D eigenvalue weighted by atomic mass is 10.0. The van der Waals surface area contributed by atoms with Gasteiger partial charge in [-0.05, 0) is 25.1 Å². The van der Waals surface area contributed by atoms with Gasteiger partial charge in [0, 0.05) is 29.7 Å². The molecular formula is C14H14ClN3O. The third-order valence-corrected chi connectivity index (χ3v) is 2.99. The Morgan fingerprint density at radius 1 is 1.37 bits per heavy atom. The summed E-state index contributed by atoms with van der Waals surface area (Å²) in [4.78, 5) is 16.4. The van der Waals surface area contributed by atoms with Crippen LogP contribution in [0.1, 0.15) is 22.8 Å². The van der Waals surface area contributed by atoms with Gasteiger partial charge in [-0.3, -0.25) is 4.79 Å². The fraction of sp³-hybridized carbons (Fsp3) is 0.143. The van der Waals surface area contributed by atoms with Crippen molar-refractivity contribution in [2.45, 2.75) is 6.92 Å². The lowest BCUT2D eigenvalue weighted by molar-refractivity contribution is 0.104. The van der Waals surface area contributed by atoms with Gasteiger partial charge in [-0.15, -0.1) is 0 Å². The van der Waals surface area contributed by atoms with E-state index in [4.69, 9.17) is 17.3 Å². The molecule has 0 spiro atoms. The Hall–Kier alpha value is -2.07. The van der Waals surface area contributed by atoms with Crippen molar-refractivity contribution in [3.63, 3.8) is 0 Å². The SMILES string of the molecule is CCNc1ccccc1C(=O)c1c(N)ccnc1Cl. The molecular weight excluding hydrogens is 262 g/mol. The zero-order valence-corrected chi connectivity index (χ0v) is 11.2. The summed E-state index contributed by atoms with van der Waals surface area (Å²) in [5.41, 5.74) is 7.68. The molecule has 0 saturated carbocycles. The fourth-order valence-electron chi connectivity index (χ4n) is 1.84. The highest BCUT2D eigenvalue weighted by molar-refractivity contribution is 6.35. The van der Waals surface area contributed by atoms with Crippen molar-refractivity contribution in [1.82, 2.24) is 4.98 Å². The quantitative estimate of drug-likeness (QED) is 0.665. The van der Waals surface area contributed by atoms with Crippen LogP contribution in [-0.4, -0.2) is 17.3 Å². The number of ketones is 1. The lowest BCUT2D eigenvalue weighted by Crippen LogP contribution is -2.10. The fourth-order valence-corrected chi connectivity index (χ4v) is 2.09. The Bertz CT molecular complexity index is 593. The maximum Gasteiger partial charge on any atom is 0.200 e. The molecule has 0 radical (unpaired) electrons. The van der Waals surface area contributed by atoms with Crippen LogP contribution >= 0.6 is 11.6 Å². The molecule has 0 aliphatic heterocycles. The van der Waals surface area contributed by atoms with Crippen molar-refractivity contribution in [1.29, 1.82) is 0 Å². The minimum Gasteiger partial charge on any atom is -0.398 e. The van der Waals surface area contributed by atoms with Crippen LogP contribution in [0, 0.1) is 0 Å². The smallest absolute Gasteiger partial charge is 0.200 e. The Balaban J connectivity index is 2.50. The van der Waals surface area contributed by atoms with E-state index in [1.54, 1.807) is 18.2 Å². The van der Waals surface area contributed by atoms with Gasteiger partial charge in [0.05, 0.1) is 5.56 Å². The largest absolute Gasteiger partial charge is 0.398 e. The first kappa shape index (κ1) is 13.4. The average molecular weight is 276 g/mol. The number of nitrogen functional groups attached to an aromatic ring is 1. The van der Waals surface area contributed by atoms with Gasteiger partial charge in [0.1, 0.15) is 5.15 Å². The van der Waals surface area contributed by atoms with Gasteiger partial charge in [0.25, 0.3) is 0 Å². The van der Waals surface area contributed by atoms with E-state index >= 15 is 0 Å². The van der Waals surface area contributed by atoms with E-state index in [9.17, 15) is 4.79 Å². The van der Waals surface area contributed by atoms with Crippen molar-refractivity contribution in [3.8, 4) is 0 Å². The molecule has 0 atom stereocenters. The van der Waals surface area contributed by atoms with E-state index < -0.39 is 0 Å². The summed E-state index contributed by atoms with van der Waals surface area (Å²) >= 11 is 5.97. The maximum absolute atomic E-state index is 12.5. The molecule has 1 aromatic carbocycles. The Kier molecular flexibility index (Phi) is 4.02. The molecule has 1 aromatic heterocycles. The van der Waals surface area contributed by atoms with Crippen LogP contribution in [-0.2, 0) is 0 Å². The summed E-state index contributed by atoms with van der Waals surface area (Å²) in [6.07, 6.45) is 1.48. The number of nitrogens with one attached hydrogen (secondary N) is 1. The highest BCUT2D eigenvalue weighted by Crippen LogP contribution is 2.26. The van der Waals surface area contributed by atoms with Crippen LogP contribution in [0.15, 0.2) is 36.5 Å². The van der Waals surface area contributed by atoms with E-state index in [1.165, 1.54) is 6.20 Å². The predicted octanol–water partition coefficient (Wildman–Crippen LogP) is 2.98. The number of carbonyl (C=O) groups is 1. The van der Waals surface area contributed by atoms with E-state index in [0.29, 0.717) is 11.3 Å². The topological polar surface area (TPSA) is 68.0 Å². The zero-order valence-electron chi connectivity index (χ0n) is 10.5. The number of halogens is 1. The molecule has 0 bridgehead atoms. The van der Waals surface area contributed by atoms with Gasteiger partial charge < -0.3 is 11.1 Å². The number of hydrogen-bond donors (Lipinski definition) is 2. The van der Waals surface area contributed by atoms with Crippen LogP contribution in [0.3, 0.4) is 0 Å². The number of para-hydroxylation sites is 1. The minimum absolute atomic E-state index is 0.122. The number of aromatic nitrogens is 1. The standard InChI is InChI=1S/C14H14ClN3O/c1-2-17-11-6-4-3-5-9(11)13(19)12-10(16)7-8-18-14(12)15/h3-8,17H,2H2,1H3,(H2,16,18). The van der Waals surface area contributed by atoms with E-state index in [0.717, 1.165) is 12.2 Å². The molecule has 0 aliphatic carbocycles. The van der Waals surface area contributed by atoms with Crippen LogP contribution in [0.25, 0.3) is 0 Å². The summed E-state index contributed by atoms with van der Waals surface area (Å²) in [5, 5.41) is 3.26. The summed E-state index contributed by atoms with van der Waals surface area (Å²) in [6, 6.07) is 8.81. The highest BCUT2D eigenvalue weighted by Gasteiger charge is 2.19. The second kappa shape index (κ2) is 5.71. The first-order chi connectivity index (χ1) is 9.15. The molecule has 5 heteroatoms. The number of hydrogen-bond acceptors (Lipinski definition) is 4. The van der Waals surface area contributed by atoms with Gasteiger partial charge in [-0.1, -0.05) is 23.7 Å². The molecule has 98 valence electrons. The molecule has 4 nitrogen and oxygen atoms in total. The molecule has 1 heterocycles. The Morgan fingerprint density at radius 2 is 2.11 bits per heavy atom. The van der Waals surface area contributed by atoms with Crippen molar-refractivity contribution < 1.29 is 4.79 Å². The molecule has 19 heavy (non-hydrogen) atoms. The van der Waals surface area contributed by atoms with Crippen LogP contribution in [0.4, 0.5) is 11.4 Å². The number of benzene rings is 1. The number of pyridine rings is 1. The molecule has 0 aliphatic rings. The van der Waals surface area contributed by atoms with Crippen molar-refractivity contribution >= 4 is 28.8 Å². The maximum atomic E-state index is 12.5. The van der Waals surface area contributed by atoms with E-state index in [1.807, 2.05) is 19.1 Å². The van der Waals surface area contributed by atoms with Crippen LogP contribution < -0.4 is 11.1 Å². The van der Waals surface area contributed by atoms with E-state index in [-0.39, 0.29) is 16.5 Å². The number of rotatable bonds is 4. The number of nitrogens with zero attached hydrogens (tertiary/aromatic N) is 1. The minimum atomic E-state index is -0.229. The molecule has 0 saturated heterocycles. The van der Waals surface area contributed by atoms with Gasteiger partial charge >= 0.3 is 0 Å². The van der Waals surface area contributed by atoms with Crippen molar-refractivity contribution in [2.75, 3.05) is 17.6 Å². The van der Waals surface area contributed by atoms with Crippen LogP contribution in [0.2, 0.25) is 5.15 Å². The molecule has 0 amide bonds. The van der Waals surface area contributed by atoms with Gasteiger partial charge in [-0.2, -0.15) is 0 Å². The monoisotopic (exact) mass is 275 g/mol. The highest BCUT2D eigenvalue weighted by atomic mass is 35.5. The zero-order chi connectivity index (χ0) is 13.8. The summed E-state index contributed by atoms with van der Waals surface area (Å²) in [6.45, 7) is 2.69. The number of carbonyl (C=O) groups excluding carboxylic acids is 1. The summed E-state index contributed by atoms with van der Waals surface area (Å²) in [5.74, 6) is -0.229. The van der Waals surface area contributed by atoms with Gasteiger partial charge in [0.15, 0.2) is 5.78 Å². The molecule has 0 fully saturated rings. The predicted molar refractivity (Wildman–Crippen MR) is 77.7 cm³/mol. The number of nitrogens with two attached hydrogens (primary N) is 1. The van der Waals surface area contributed by atoms with Crippen molar-refractivity contribution in [3.05, 3.63) is 52.8 Å². The Labute approximate surface area is 116 Å². The van der Waals surface area contributed by atoms with Crippen LogP contribution in [0.5, 0.6) is 0 Å². The van der Waals surface area contributed by atoms with Crippen molar-refractivity contribution in [2.24, 2.45) is 0 Å². The van der Waals surface area contributed by atoms with E-state index in [2.05, 4.69) is 10.3 Å². The molecule has 2 rings (SSSR count). The normalized spacial score (nSPS) is 10.2. The first-order valence-electron chi connectivity index (χ1n) is 5.92. The molecule has 3 N–H and O–H groups in total. The third-order valence-electron chi connectivity index (χ3n) is 2.70. The van der Waals surface area contributed by atoms with Gasteiger partial charge in [0.2, 0.25) is 0 Å². The molecule has 2 aromatic rings. The second-order valence-electron chi connectivity index (χ2n) is 3.97. The number of anilines is 2. The summed E-state index contributed by atoms with van der Waals surface area (Å²) in [7, 11) is 0. The summed E-state index contributed by atoms with van der Waals surface area (Å²) < 4.78 is 0. The third kappa shape index (κ3) is 2.69. The lowest BCUT2D eigenvalue weighted by Gasteiger charge is -2.11.